The molecule has 2 rings (SSSR count). The molecular weight excluding hydrogens is 338 g/mol. The minimum absolute atomic E-state index is 0.101. The van der Waals surface area contributed by atoms with Crippen LogP contribution in [0.5, 0.6) is 0 Å². The summed E-state index contributed by atoms with van der Waals surface area (Å²) in [5.74, 6) is -1.37. The third-order valence-electron chi connectivity index (χ3n) is 3.16. The van der Waals surface area contributed by atoms with Gasteiger partial charge in [0.15, 0.2) is 6.61 Å². The second-order valence-corrected chi connectivity index (χ2v) is 5.00. The molecular formula is C18H13N3O5. The van der Waals surface area contributed by atoms with E-state index in [1.54, 1.807) is 30.3 Å². The number of para-hydroxylation sites is 1. The van der Waals surface area contributed by atoms with Gasteiger partial charge in [-0.15, -0.1) is 0 Å². The summed E-state index contributed by atoms with van der Waals surface area (Å²) in [4.78, 5) is 33.6. The van der Waals surface area contributed by atoms with Crippen LogP contribution in [0.25, 0.3) is 6.08 Å². The van der Waals surface area contributed by atoms with Gasteiger partial charge in [-0.25, -0.2) is 4.79 Å². The molecule has 26 heavy (non-hydrogen) atoms. The monoisotopic (exact) mass is 351 g/mol. The SMILES string of the molecule is N#Cc1ccccc1NC(=O)COC(=O)/C=C/c1cccc([N+](=O)[O-])c1. The Bertz CT molecular complexity index is 915. The zero-order valence-corrected chi connectivity index (χ0v) is 13.4. The van der Waals surface area contributed by atoms with Gasteiger partial charge in [0.1, 0.15) is 6.07 Å². The largest absolute Gasteiger partial charge is 0.452 e. The van der Waals surface area contributed by atoms with Crippen molar-refractivity contribution in [2.24, 2.45) is 0 Å². The fourth-order valence-corrected chi connectivity index (χ4v) is 1.97. The van der Waals surface area contributed by atoms with Crippen LogP contribution in [0.1, 0.15) is 11.1 Å². The highest BCUT2D eigenvalue weighted by atomic mass is 16.6. The molecule has 1 amide bonds. The molecule has 0 aromatic heterocycles. The van der Waals surface area contributed by atoms with Crippen LogP contribution in [0.3, 0.4) is 0 Å². The van der Waals surface area contributed by atoms with E-state index in [0.29, 0.717) is 11.3 Å². The number of rotatable bonds is 6. The lowest BCUT2D eigenvalue weighted by Gasteiger charge is -2.06. The quantitative estimate of drug-likeness (QED) is 0.369. The summed E-state index contributed by atoms with van der Waals surface area (Å²) in [6.45, 7) is -0.530. The molecule has 0 saturated carbocycles. The Labute approximate surface area is 148 Å². The molecule has 0 radical (unpaired) electrons. The van der Waals surface area contributed by atoms with Crippen LogP contribution in [0.2, 0.25) is 0 Å². The molecule has 0 heterocycles. The number of carbonyl (C=O) groups is 2. The first-order valence-corrected chi connectivity index (χ1v) is 7.38. The Morgan fingerprint density at radius 2 is 2.00 bits per heavy atom. The van der Waals surface area contributed by atoms with Crippen LogP contribution in [-0.2, 0) is 14.3 Å². The van der Waals surface area contributed by atoms with E-state index in [-0.39, 0.29) is 11.3 Å². The van der Waals surface area contributed by atoms with Gasteiger partial charge in [-0.3, -0.25) is 14.9 Å². The fourth-order valence-electron chi connectivity index (χ4n) is 1.97. The zero-order valence-electron chi connectivity index (χ0n) is 13.4. The molecule has 0 saturated heterocycles. The summed E-state index contributed by atoms with van der Waals surface area (Å²) in [5, 5.41) is 22.1. The number of esters is 1. The maximum Gasteiger partial charge on any atom is 0.331 e. The van der Waals surface area contributed by atoms with Crippen molar-refractivity contribution in [3.63, 3.8) is 0 Å². The summed E-state index contributed by atoms with van der Waals surface area (Å²) < 4.78 is 4.79. The van der Waals surface area contributed by atoms with Crippen molar-refractivity contribution in [3.05, 3.63) is 75.8 Å². The third kappa shape index (κ3) is 5.28. The summed E-state index contributed by atoms with van der Waals surface area (Å²) in [7, 11) is 0. The number of non-ortho nitro benzene ring substituents is 1. The molecule has 0 bridgehead atoms. The molecule has 0 fully saturated rings. The molecule has 0 aliphatic rings. The maximum atomic E-state index is 11.8. The van der Waals surface area contributed by atoms with Crippen LogP contribution in [0, 0.1) is 21.4 Å². The number of carbonyl (C=O) groups excluding carboxylic acids is 2. The van der Waals surface area contributed by atoms with Crippen LogP contribution in [0.4, 0.5) is 11.4 Å². The van der Waals surface area contributed by atoms with Gasteiger partial charge in [0.25, 0.3) is 11.6 Å². The number of nitriles is 1. The number of hydrogen-bond acceptors (Lipinski definition) is 6. The molecule has 0 spiro atoms. The van der Waals surface area contributed by atoms with E-state index in [4.69, 9.17) is 10.00 Å². The van der Waals surface area contributed by atoms with E-state index in [2.05, 4.69) is 5.32 Å². The Morgan fingerprint density at radius 1 is 1.23 bits per heavy atom. The lowest BCUT2D eigenvalue weighted by Crippen LogP contribution is -2.20. The van der Waals surface area contributed by atoms with Crippen molar-refractivity contribution >= 4 is 29.3 Å². The number of nitro benzene ring substituents is 1. The fraction of sp³-hybridized carbons (Fsp3) is 0.0556. The van der Waals surface area contributed by atoms with Gasteiger partial charge in [0, 0.05) is 18.2 Å². The second kappa shape index (κ2) is 8.75. The first-order valence-electron chi connectivity index (χ1n) is 7.38. The number of benzene rings is 2. The molecule has 0 unspecified atom stereocenters. The Balaban J connectivity index is 1.88. The molecule has 2 aromatic carbocycles. The lowest BCUT2D eigenvalue weighted by molar-refractivity contribution is -0.384. The van der Waals surface area contributed by atoms with Crippen LogP contribution < -0.4 is 5.32 Å². The van der Waals surface area contributed by atoms with Crippen molar-refractivity contribution in [3.8, 4) is 6.07 Å². The van der Waals surface area contributed by atoms with Crippen molar-refractivity contribution in [1.82, 2.24) is 0 Å². The predicted molar refractivity (Wildman–Crippen MR) is 92.9 cm³/mol. The van der Waals surface area contributed by atoms with E-state index in [1.807, 2.05) is 6.07 Å². The summed E-state index contributed by atoms with van der Waals surface area (Å²) in [6, 6.07) is 14.1. The number of hydrogen-bond donors (Lipinski definition) is 1. The van der Waals surface area contributed by atoms with E-state index in [1.165, 1.54) is 24.3 Å². The molecule has 130 valence electrons. The molecule has 0 aliphatic heterocycles. The highest BCUT2D eigenvalue weighted by molar-refractivity contribution is 5.95. The Hall–Kier alpha value is -3.99. The van der Waals surface area contributed by atoms with Gasteiger partial charge in [-0.05, 0) is 23.8 Å². The number of anilines is 1. The first-order chi connectivity index (χ1) is 12.5. The van der Waals surface area contributed by atoms with Gasteiger partial charge in [0.05, 0.1) is 16.2 Å². The Kier molecular flexibility index (Phi) is 6.17. The van der Waals surface area contributed by atoms with E-state index in [0.717, 1.165) is 6.08 Å². The molecule has 2 aromatic rings. The van der Waals surface area contributed by atoms with Gasteiger partial charge >= 0.3 is 5.97 Å². The molecule has 8 heteroatoms. The second-order valence-electron chi connectivity index (χ2n) is 5.00. The zero-order chi connectivity index (χ0) is 18.9. The van der Waals surface area contributed by atoms with Gasteiger partial charge in [0.2, 0.25) is 0 Å². The Morgan fingerprint density at radius 3 is 2.73 bits per heavy atom. The topological polar surface area (TPSA) is 122 Å². The average Bonchev–Trinajstić information content (AvgIpc) is 2.65. The highest BCUT2D eigenvalue weighted by Crippen LogP contribution is 2.14. The van der Waals surface area contributed by atoms with Crippen LogP contribution in [-0.4, -0.2) is 23.4 Å². The first kappa shape index (κ1) is 18.4. The molecule has 0 atom stereocenters. The van der Waals surface area contributed by atoms with Crippen molar-refractivity contribution in [2.45, 2.75) is 0 Å². The standard InChI is InChI=1S/C18H13N3O5/c19-11-14-5-1-2-7-16(14)20-17(22)12-26-18(23)9-8-13-4-3-6-15(10-13)21(24)25/h1-10H,12H2,(H,20,22)/b9-8+. The molecule has 1 N–H and O–H groups in total. The highest BCUT2D eigenvalue weighted by Gasteiger charge is 2.09. The predicted octanol–water partition coefficient (Wildman–Crippen LogP) is 2.66. The van der Waals surface area contributed by atoms with E-state index in [9.17, 15) is 19.7 Å². The summed E-state index contributed by atoms with van der Waals surface area (Å²) in [6.07, 6.45) is 2.41. The van der Waals surface area contributed by atoms with E-state index < -0.39 is 23.4 Å². The third-order valence-corrected chi connectivity index (χ3v) is 3.16. The number of ether oxygens (including phenoxy) is 1. The number of nitrogens with zero attached hydrogens (tertiary/aromatic N) is 2. The minimum atomic E-state index is -0.778. The number of nitro groups is 1. The average molecular weight is 351 g/mol. The lowest BCUT2D eigenvalue weighted by atomic mass is 10.2. The minimum Gasteiger partial charge on any atom is -0.452 e. The van der Waals surface area contributed by atoms with E-state index >= 15 is 0 Å². The van der Waals surface area contributed by atoms with Crippen LogP contribution in [0.15, 0.2) is 54.6 Å². The number of nitrogens with one attached hydrogen (secondary N) is 1. The van der Waals surface area contributed by atoms with Gasteiger partial charge in [-0.1, -0.05) is 24.3 Å². The summed E-state index contributed by atoms with van der Waals surface area (Å²) in [5.41, 5.74) is 0.959. The molecule has 0 aliphatic carbocycles. The number of amides is 1. The maximum absolute atomic E-state index is 11.8. The van der Waals surface area contributed by atoms with Crippen molar-refractivity contribution in [2.75, 3.05) is 11.9 Å². The van der Waals surface area contributed by atoms with Crippen molar-refractivity contribution in [1.29, 1.82) is 5.26 Å². The summed E-state index contributed by atoms with van der Waals surface area (Å²) >= 11 is 0. The van der Waals surface area contributed by atoms with Gasteiger partial charge in [-0.2, -0.15) is 5.26 Å². The van der Waals surface area contributed by atoms with Crippen LogP contribution >= 0.6 is 0 Å². The normalized spacial score (nSPS) is 10.1. The smallest absolute Gasteiger partial charge is 0.331 e. The molecule has 8 nitrogen and oxygen atoms in total. The van der Waals surface area contributed by atoms with Crippen molar-refractivity contribution < 1.29 is 19.2 Å². The van der Waals surface area contributed by atoms with Gasteiger partial charge < -0.3 is 10.1 Å².